The molecule has 0 fully saturated rings. The molecule has 2 aromatic heterocycles. The Morgan fingerprint density at radius 1 is 0.442 bits per heavy atom. The summed E-state index contributed by atoms with van der Waals surface area (Å²) in [6.45, 7) is 0. The molecule has 2 heterocycles. The summed E-state index contributed by atoms with van der Waals surface area (Å²) in [6.07, 6.45) is 0. The lowest BCUT2D eigenvalue weighted by Gasteiger charge is -2.26. The van der Waals surface area contributed by atoms with Crippen molar-refractivity contribution in [2.45, 2.75) is 0 Å². The van der Waals surface area contributed by atoms with Crippen molar-refractivity contribution in [3.05, 3.63) is 152 Å². The van der Waals surface area contributed by atoms with Crippen molar-refractivity contribution in [3.63, 3.8) is 0 Å². The van der Waals surface area contributed by atoms with Crippen LogP contribution >= 0.6 is 11.3 Å². The molecule has 7 aromatic carbocycles. The topological polar surface area (TPSA) is 16.4 Å². The highest BCUT2D eigenvalue weighted by atomic mass is 32.1. The lowest BCUT2D eigenvalue weighted by molar-refractivity contribution is 0.669. The van der Waals surface area contributed by atoms with Crippen LogP contribution in [0.3, 0.4) is 0 Å². The molecule has 3 heteroatoms. The molecule has 9 aromatic rings. The molecule has 0 amide bonds. The van der Waals surface area contributed by atoms with E-state index in [-0.39, 0.29) is 0 Å². The fourth-order valence-corrected chi connectivity index (χ4v) is 7.57. The van der Waals surface area contributed by atoms with Gasteiger partial charge in [0.1, 0.15) is 11.2 Å². The van der Waals surface area contributed by atoms with Gasteiger partial charge in [-0.05, 0) is 82.6 Å². The Bertz CT molecular complexity index is 2450. The van der Waals surface area contributed by atoms with E-state index in [1.54, 1.807) is 0 Å². The number of thiophene rings is 1. The van der Waals surface area contributed by atoms with Crippen LogP contribution in [-0.2, 0) is 0 Å². The van der Waals surface area contributed by atoms with E-state index in [0.29, 0.717) is 0 Å². The first-order valence-corrected chi connectivity index (χ1v) is 15.3. The van der Waals surface area contributed by atoms with Gasteiger partial charge in [0, 0.05) is 37.6 Å². The monoisotopic (exact) mass is 567 g/mol. The number of hydrogen-bond acceptors (Lipinski definition) is 3. The highest BCUT2D eigenvalue weighted by molar-refractivity contribution is 7.26. The van der Waals surface area contributed by atoms with Crippen LogP contribution in [-0.4, -0.2) is 0 Å². The van der Waals surface area contributed by atoms with Gasteiger partial charge in [-0.1, -0.05) is 91.0 Å². The van der Waals surface area contributed by atoms with E-state index < -0.39 is 0 Å². The maximum absolute atomic E-state index is 6.12. The van der Waals surface area contributed by atoms with Gasteiger partial charge in [-0.15, -0.1) is 11.3 Å². The summed E-state index contributed by atoms with van der Waals surface area (Å²) in [5.74, 6) is 0. The minimum absolute atomic E-state index is 0.929. The van der Waals surface area contributed by atoms with Crippen molar-refractivity contribution in [3.8, 4) is 11.1 Å². The highest BCUT2D eigenvalue weighted by Gasteiger charge is 2.18. The standard InChI is InChI=1S/C40H25NOS/c1-2-9-30(10-3-1)41(36-14-8-13-34-33-12-5-7-16-39(33)43-40(34)36)31-21-19-26(20-22-31)27-17-18-28-25-38-35(24-29(28)23-27)32-11-4-6-15-37(32)42-38/h1-25H. The average molecular weight is 568 g/mol. The van der Waals surface area contributed by atoms with Crippen molar-refractivity contribution in [1.29, 1.82) is 0 Å². The molecule has 0 unspecified atom stereocenters. The van der Waals surface area contributed by atoms with Crippen LogP contribution in [0.2, 0.25) is 0 Å². The zero-order valence-electron chi connectivity index (χ0n) is 23.2. The van der Waals surface area contributed by atoms with Crippen LogP contribution in [0.4, 0.5) is 17.1 Å². The van der Waals surface area contributed by atoms with E-state index in [1.807, 2.05) is 23.5 Å². The Morgan fingerprint density at radius 2 is 1.16 bits per heavy atom. The first-order valence-electron chi connectivity index (χ1n) is 14.5. The molecule has 9 rings (SSSR count). The Labute approximate surface area is 252 Å². The second-order valence-electron chi connectivity index (χ2n) is 11.0. The van der Waals surface area contributed by atoms with Crippen molar-refractivity contribution in [2.75, 3.05) is 4.90 Å². The molecule has 0 radical (unpaired) electrons. The number of nitrogens with zero attached hydrogens (tertiary/aromatic N) is 1. The summed E-state index contributed by atoms with van der Waals surface area (Å²) >= 11 is 1.86. The molecule has 0 saturated heterocycles. The predicted molar refractivity (Wildman–Crippen MR) is 184 cm³/mol. The molecule has 43 heavy (non-hydrogen) atoms. The Morgan fingerprint density at radius 3 is 2.05 bits per heavy atom. The van der Waals surface area contributed by atoms with E-state index >= 15 is 0 Å². The smallest absolute Gasteiger partial charge is 0.136 e. The van der Waals surface area contributed by atoms with Crippen molar-refractivity contribution >= 4 is 81.3 Å². The lowest BCUT2D eigenvalue weighted by atomic mass is 9.99. The van der Waals surface area contributed by atoms with Gasteiger partial charge in [-0.25, -0.2) is 0 Å². The van der Waals surface area contributed by atoms with E-state index in [9.17, 15) is 0 Å². The Hall–Kier alpha value is -5.38. The van der Waals surface area contributed by atoms with E-state index in [1.165, 1.54) is 47.8 Å². The number of fused-ring (bicyclic) bond motifs is 7. The summed E-state index contributed by atoms with van der Waals surface area (Å²) in [6, 6.07) is 54.3. The summed E-state index contributed by atoms with van der Waals surface area (Å²) < 4.78 is 8.73. The van der Waals surface area contributed by atoms with Crippen LogP contribution in [0.1, 0.15) is 0 Å². The molecule has 202 valence electrons. The Kier molecular flexibility index (Phi) is 5.40. The second kappa shape index (κ2) is 9.59. The van der Waals surface area contributed by atoms with Crippen molar-refractivity contribution in [2.24, 2.45) is 0 Å². The fraction of sp³-hybridized carbons (Fsp3) is 0. The average Bonchev–Trinajstić information content (AvgIpc) is 3.63. The third-order valence-electron chi connectivity index (χ3n) is 8.43. The Balaban J connectivity index is 1.15. The van der Waals surface area contributed by atoms with Crippen molar-refractivity contribution in [1.82, 2.24) is 0 Å². The zero-order chi connectivity index (χ0) is 28.3. The van der Waals surface area contributed by atoms with E-state index in [2.05, 4.69) is 144 Å². The summed E-state index contributed by atoms with van der Waals surface area (Å²) in [5.41, 5.74) is 7.72. The molecule has 0 aliphatic carbocycles. The first-order chi connectivity index (χ1) is 21.3. The molecule has 0 bridgehead atoms. The zero-order valence-corrected chi connectivity index (χ0v) is 24.0. The van der Waals surface area contributed by atoms with Gasteiger partial charge >= 0.3 is 0 Å². The highest BCUT2D eigenvalue weighted by Crippen LogP contribution is 2.45. The van der Waals surface area contributed by atoms with Gasteiger partial charge in [-0.3, -0.25) is 0 Å². The van der Waals surface area contributed by atoms with Crippen LogP contribution in [0.5, 0.6) is 0 Å². The van der Waals surface area contributed by atoms with E-state index in [4.69, 9.17) is 4.42 Å². The molecular formula is C40H25NOS. The van der Waals surface area contributed by atoms with Gasteiger partial charge in [0.05, 0.1) is 10.4 Å². The SMILES string of the molecule is c1ccc(N(c2ccc(-c3ccc4cc5oc6ccccc6c5cc4c3)cc2)c2cccc3c2sc2ccccc23)cc1. The van der Waals surface area contributed by atoms with Gasteiger partial charge in [0.25, 0.3) is 0 Å². The predicted octanol–water partition coefficient (Wildman–Crippen LogP) is 12.2. The van der Waals surface area contributed by atoms with Gasteiger partial charge in [0.15, 0.2) is 0 Å². The minimum Gasteiger partial charge on any atom is -0.456 e. The second-order valence-corrected chi connectivity index (χ2v) is 12.0. The molecule has 0 atom stereocenters. The number of furan rings is 1. The molecule has 0 saturated carbocycles. The molecule has 0 aliphatic heterocycles. The third-order valence-corrected chi connectivity index (χ3v) is 9.64. The molecule has 0 aliphatic rings. The van der Waals surface area contributed by atoms with E-state index in [0.717, 1.165) is 33.3 Å². The normalized spacial score (nSPS) is 11.7. The maximum atomic E-state index is 6.12. The molecule has 0 spiro atoms. The largest absolute Gasteiger partial charge is 0.456 e. The minimum atomic E-state index is 0.929. The number of para-hydroxylation sites is 2. The molecular weight excluding hydrogens is 543 g/mol. The quantitative estimate of drug-likeness (QED) is 0.210. The lowest BCUT2D eigenvalue weighted by Crippen LogP contribution is -2.09. The number of benzene rings is 7. The van der Waals surface area contributed by atoms with Crippen LogP contribution in [0.25, 0.3) is 64.0 Å². The summed E-state index contributed by atoms with van der Waals surface area (Å²) in [4.78, 5) is 2.38. The van der Waals surface area contributed by atoms with Crippen LogP contribution < -0.4 is 4.90 Å². The summed E-state index contributed by atoms with van der Waals surface area (Å²) in [7, 11) is 0. The van der Waals surface area contributed by atoms with Gasteiger partial charge in [-0.2, -0.15) is 0 Å². The third kappa shape index (κ3) is 3.93. The van der Waals surface area contributed by atoms with Gasteiger partial charge in [0.2, 0.25) is 0 Å². The number of rotatable bonds is 4. The summed E-state index contributed by atoms with van der Waals surface area (Å²) in [5, 5.41) is 7.31. The first kappa shape index (κ1) is 24.2. The molecule has 2 nitrogen and oxygen atoms in total. The van der Waals surface area contributed by atoms with Crippen LogP contribution in [0, 0.1) is 0 Å². The van der Waals surface area contributed by atoms with Gasteiger partial charge < -0.3 is 9.32 Å². The maximum Gasteiger partial charge on any atom is 0.136 e. The van der Waals surface area contributed by atoms with Crippen LogP contribution in [0.15, 0.2) is 156 Å². The molecule has 0 N–H and O–H groups in total. The number of anilines is 3. The van der Waals surface area contributed by atoms with Crippen molar-refractivity contribution < 1.29 is 4.42 Å². The number of hydrogen-bond donors (Lipinski definition) is 0. The fourth-order valence-electron chi connectivity index (χ4n) is 6.36.